The van der Waals surface area contributed by atoms with E-state index in [4.69, 9.17) is 16.9 Å². The fourth-order valence-corrected chi connectivity index (χ4v) is 2.48. The Morgan fingerprint density at radius 3 is 2.91 bits per heavy atom. The summed E-state index contributed by atoms with van der Waals surface area (Å²) in [6, 6.07) is 0. The Bertz CT molecular complexity index is 709. The number of hydrogen-bond donors (Lipinski definition) is 2. The maximum absolute atomic E-state index is 14.0. The lowest BCUT2D eigenvalue weighted by atomic mass is 10.0. The van der Waals surface area contributed by atoms with Gasteiger partial charge in [0.15, 0.2) is 17.1 Å². The molecular weight excluding hydrogens is 287 g/mol. The Labute approximate surface area is 128 Å². The molecule has 2 aromatic heterocycles. The Morgan fingerprint density at radius 1 is 1.59 bits per heavy atom. The van der Waals surface area contributed by atoms with E-state index in [1.54, 1.807) is 0 Å². The highest BCUT2D eigenvalue weighted by Gasteiger charge is 2.39. The predicted octanol–water partition coefficient (Wildman–Crippen LogP) is 1.85. The van der Waals surface area contributed by atoms with Crippen LogP contribution in [0.1, 0.15) is 32.9 Å². The number of nitrogens with zero attached hydrogens (tertiary/aromatic N) is 3. The average molecular weight is 306 g/mol. The Hall–Kier alpha value is -2.17. The smallest absolute Gasteiger partial charge is 0.154 e. The summed E-state index contributed by atoms with van der Waals surface area (Å²) in [5.41, 5.74) is 4.99. The fourth-order valence-electron chi connectivity index (χ4n) is 2.48. The highest BCUT2D eigenvalue weighted by molar-refractivity contribution is 5.86. The van der Waals surface area contributed by atoms with Crippen LogP contribution in [0.2, 0.25) is 0 Å². The molecule has 7 heteroatoms. The third kappa shape index (κ3) is 2.51. The summed E-state index contributed by atoms with van der Waals surface area (Å²) in [4.78, 5) is 7.81. The molecule has 3 heterocycles. The highest BCUT2D eigenvalue weighted by atomic mass is 19.1. The van der Waals surface area contributed by atoms with Gasteiger partial charge in [0, 0.05) is 6.20 Å². The van der Waals surface area contributed by atoms with Crippen molar-refractivity contribution in [1.82, 2.24) is 14.5 Å². The quantitative estimate of drug-likeness (QED) is 0.827. The number of nitrogen functional groups attached to an aromatic ring is 1. The highest BCUT2D eigenvalue weighted by Crippen LogP contribution is 2.38. The number of fused-ring (bicyclic) bond motifs is 1. The minimum absolute atomic E-state index is 0.0784. The maximum Gasteiger partial charge on any atom is 0.154 e. The average Bonchev–Trinajstić information content (AvgIpc) is 3.12. The van der Waals surface area contributed by atoms with Crippen LogP contribution in [0.25, 0.3) is 11.0 Å². The normalized spacial score (nSPS) is 23.9. The minimum atomic E-state index is -1.02. The number of nitrogens with two attached hydrogens (primary N) is 1. The van der Waals surface area contributed by atoms with Crippen molar-refractivity contribution in [2.45, 2.75) is 38.5 Å². The molecule has 0 radical (unpaired) electrons. The van der Waals surface area contributed by atoms with E-state index in [0.717, 1.165) is 0 Å². The third-order valence-corrected chi connectivity index (χ3v) is 3.58. The largest absolute Gasteiger partial charge is 0.392 e. The van der Waals surface area contributed by atoms with Crippen molar-refractivity contribution in [1.29, 1.82) is 0 Å². The molecular formula is C15H19FN4O2. The number of hydrogen-bond acceptors (Lipinski definition) is 5. The van der Waals surface area contributed by atoms with Gasteiger partial charge in [-0.1, -0.05) is 19.8 Å². The van der Waals surface area contributed by atoms with Crippen molar-refractivity contribution < 1.29 is 14.2 Å². The number of halogens is 1. The van der Waals surface area contributed by atoms with Gasteiger partial charge < -0.3 is 20.1 Å². The second-order valence-electron chi connectivity index (χ2n) is 4.75. The number of rotatable bonds is 2. The van der Waals surface area contributed by atoms with Gasteiger partial charge in [-0.25, -0.2) is 14.4 Å². The second kappa shape index (κ2) is 6.30. The van der Waals surface area contributed by atoms with Gasteiger partial charge in [0.2, 0.25) is 0 Å². The molecule has 1 fully saturated rings. The molecule has 2 unspecified atom stereocenters. The lowest BCUT2D eigenvalue weighted by Gasteiger charge is -2.21. The summed E-state index contributed by atoms with van der Waals surface area (Å²) in [7, 11) is 0. The van der Waals surface area contributed by atoms with Crippen LogP contribution in [0.15, 0.2) is 12.5 Å². The fraction of sp³-hybridized carbons (Fsp3) is 0.467. The minimum Gasteiger partial charge on any atom is -0.392 e. The lowest BCUT2D eigenvalue weighted by molar-refractivity contribution is -0.0617. The van der Waals surface area contributed by atoms with E-state index in [-0.39, 0.29) is 17.8 Å². The summed E-state index contributed by atoms with van der Waals surface area (Å²) in [6.07, 6.45) is 8.49. The van der Waals surface area contributed by atoms with Crippen LogP contribution in [0.5, 0.6) is 0 Å². The van der Waals surface area contributed by atoms with Crippen molar-refractivity contribution in [3.8, 4) is 12.3 Å². The van der Waals surface area contributed by atoms with Crippen molar-refractivity contribution in [2.75, 3.05) is 12.3 Å². The first-order valence-corrected chi connectivity index (χ1v) is 7.13. The molecule has 1 saturated heterocycles. The molecule has 118 valence electrons. The molecule has 0 aliphatic carbocycles. The van der Waals surface area contributed by atoms with Crippen molar-refractivity contribution >= 4 is 16.9 Å². The second-order valence-corrected chi connectivity index (χ2v) is 4.75. The standard InChI is InChI=1S/C13H13FN4O2.C2H6/c1-2-13(6-19)4-3-9(20-13)18-5-8(14)10-11(15)16-7-17-12(10)18;1-2/h1,5,7,9,19H,3-4,6H2,(H2,15,16,17);1-2H3. The van der Waals surface area contributed by atoms with Gasteiger partial charge in [0.05, 0.1) is 12.0 Å². The molecule has 0 saturated carbocycles. The topological polar surface area (TPSA) is 86.2 Å². The molecule has 22 heavy (non-hydrogen) atoms. The first-order chi connectivity index (χ1) is 10.6. The molecule has 3 N–H and O–H groups in total. The van der Waals surface area contributed by atoms with Crippen LogP contribution < -0.4 is 5.73 Å². The summed E-state index contributed by atoms with van der Waals surface area (Å²) in [6.45, 7) is 3.72. The zero-order valence-electron chi connectivity index (χ0n) is 12.6. The van der Waals surface area contributed by atoms with Crippen LogP contribution >= 0.6 is 0 Å². The van der Waals surface area contributed by atoms with Crippen molar-refractivity contribution in [3.05, 3.63) is 18.3 Å². The number of ether oxygens (including phenoxy) is 1. The summed E-state index contributed by atoms with van der Waals surface area (Å²) in [5.74, 6) is 2.02. The molecule has 1 aliphatic heterocycles. The van der Waals surface area contributed by atoms with Gasteiger partial charge in [0.25, 0.3) is 0 Å². The summed E-state index contributed by atoms with van der Waals surface area (Å²) in [5, 5.41) is 9.51. The number of aliphatic hydroxyl groups excluding tert-OH is 1. The van der Waals surface area contributed by atoms with Crippen LogP contribution in [-0.2, 0) is 4.74 Å². The molecule has 0 amide bonds. The Balaban J connectivity index is 0.000000847. The molecule has 2 atom stereocenters. The van der Waals surface area contributed by atoms with E-state index in [1.807, 2.05) is 13.8 Å². The summed E-state index contributed by atoms with van der Waals surface area (Å²) < 4.78 is 21.2. The molecule has 2 aromatic rings. The first-order valence-electron chi connectivity index (χ1n) is 7.13. The summed E-state index contributed by atoms with van der Waals surface area (Å²) >= 11 is 0. The van der Waals surface area contributed by atoms with E-state index >= 15 is 0 Å². The number of anilines is 1. The lowest BCUT2D eigenvalue weighted by Crippen LogP contribution is -2.31. The van der Waals surface area contributed by atoms with Gasteiger partial charge >= 0.3 is 0 Å². The Morgan fingerprint density at radius 2 is 2.32 bits per heavy atom. The van der Waals surface area contributed by atoms with Gasteiger partial charge in [-0.05, 0) is 12.8 Å². The number of aromatic nitrogens is 3. The van der Waals surface area contributed by atoms with E-state index in [1.165, 1.54) is 17.1 Å². The van der Waals surface area contributed by atoms with E-state index in [9.17, 15) is 9.50 Å². The van der Waals surface area contributed by atoms with Crippen LogP contribution in [0.4, 0.5) is 10.2 Å². The van der Waals surface area contributed by atoms with Gasteiger partial charge in [-0.15, -0.1) is 6.42 Å². The van der Waals surface area contributed by atoms with Crippen molar-refractivity contribution in [2.24, 2.45) is 0 Å². The number of aliphatic hydroxyl groups is 1. The van der Waals surface area contributed by atoms with E-state index < -0.39 is 17.6 Å². The SMILES string of the molecule is C#CC1(CO)CCC(n2cc(F)c3c(N)ncnc32)O1.CC. The van der Waals surface area contributed by atoms with Crippen molar-refractivity contribution in [3.63, 3.8) is 0 Å². The van der Waals surface area contributed by atoms with Crippen LogP contribution in [0.3, 0.4) is 0 Å². The third-order valence-electron chi connectivity index (χ3n) is 3.58. The van der Waals surface area contributed by atoms with Gasteiger partial charge in [0.1, 0.15) is 18.4 Å². The van der Waals surface area contributed by atoms with Crippen LogP contribution in [0, 0.1) is 18.2 Å². The zero-order valence-corrected chi connectivity index (χ0v) is 12.6. The molecule has 6 nitrogen and oxygen atoms in total. The zero-order chi connectivity index (χ0) is 16.3. The first kappa shape index (κ1) is 16.2. The maximum atomic E-state index is 14.0. The van der Waals surface area contributed by atoms with Gasteiger partial charge in [-0.3, -0.25) is 0 Å². The van der Waals surface area contributed by atoms with E-state index in [0.29, 0.717) is 18.5 Å². The molecule has 0 spiro atoms. The van der Waals surface area contributed by atoms with E-state index in [2.05, 4.69) is 15.9 Å². The molecule has 3 rings (SSSR count). The Kier molecular flexibility index (Phi) is 4.64. The molecule has 1 aliphatic rings. The van der Waals surface area contributed by atoms with Crippen LogP contribution in [-0.4, -0.2) is 31.8 Å². The number of terminal acetylenes is 1. The molecule has 0 aromatic carbocycles. The predicted molar refractivity (Wildman–Crippen MR) is 81.3 cm³/mol. The molecule has 0 bridgehead atoms. The van der Waals surface area contributed by atoms with Gasteiger partial charge in [-0.2, -0.15) is 0 Å². The monoisotopic (exact) mass is 306 g/mol.